The molecule has 5 rings (SSSR count). The van der Waals surface area contributed by atoms with Gasteiger partial charge < -0.3 is 14.4 Å². The predicted octanol–water partition coefficient (Wildman–Crippen LogP) is 3.55. The number of ether oxygens (including phenoxy) is 2. The normalized spacial score (nSPS) is 16.7. The van der Waals surface area contributed by atoms with Crippen molar-refractivity contribution in [3.8, 4) is 17.1 Å². The molecule has 0 spiro atoms. The number of morpholine rings is 1. The maximum atomic E-state index is 5.59. The largest absolute Gasteiger partial charge is 0.497 e. The summed E-state index contributed by atoms with van der Waals surface area (Å²) in [7, 11) is 1.71. The summed E-state index contributed by atoms with van der Waals surface area (Å²) in [6.45, 7) is 5.95. The van der Waals surface area contributed by atoms with E-state index in [0.717, 1.165) is 75.3 Å². The molecule has 1 fully saturated rings. The van der Waals surface area contributed by atoms with Crippen LogP contribution in [0.1, 0.15) is 16.8 Å². The summed E-state index contributed by atoms with van der Waals surface area (Å²) in [5.41, 5.74) is 4.77. The van der Waals surface area contributed by atoms with Crippen molar-refractivity contribution in [1.82, 2.24) is 14.9 Å². The molecule has 1 saturated heterocycles. The van der Waals surface area contributed by atoms with Gasteiger partial charge in [-0.1, -0.05) is 42.5 Å². The van der Waals surface area contributed by atoms with Gasteiger partial charge in [-0.3, -0.25) is 4.90 Å². The number of nitrogens with zero attached hydrogens (tertiary/aromatic N) is 4. The number of benzene rings is 2. The number of hydrogen-bond acceptors (Lipinski definition) is 6. The summed E-state index contributed by atoms with van der Waals surface area (Å²) in [5.74, 6) is 2.80. The van der Waals surface area contributed by atoms with Gasteiger partial charge in [0.2, 0.25) is 0 Å². The zero-order valence-electron chi connectivity index (χ0n) is 18.0. The zero-order valence-corrected chi connectivity index (χ0v) is 18.0. The van der Waals surface area contributed by atoms with E-state index in [1.165, 1.54) is 16.8 Å². The highest BCUT2D eigenvalue weighted by molar-refractivity contribution is 5.61. The molecule has 0 N–H and O–H groups in total. The Bertz CT molecular complexity index is 1030. The summed E-state index contributed by atoms with van der Waals surface area (Å²) >= 11 is 0. The molecule has 0 atom stereocenters. The first-order valence-electron chi connectivity index (χ1n) is 10.9. The molecule has 160 valence electrons. The number of aromatic nitrogens is 2. The van der Waals surface area contributed by atoms with Crippen molar-refractivity contribution in [1.29, 1.82) is 0 Å². The molecule has 6 heteroatoms. The quantitative estimate of drug-likeness (QED) is 0.634. The molecule has 0 unspecified atom stereocenters. The highest BCUT2D eigenvalue weighted by Crippen LogP contribution is 2.31. The van der Waals surface area contributed by atoms with Crippen LogP contribution < -0.4 is 9.64 Å². The molecule has 3 aromatic rings. The minimum atomic E-state index is 0.743. The van der Waals surface area contributed by atoms with Crippen LogP contribution in [0.4, 0.5) is 5.82 Å². The van der Waals surface area contributed by atoms with Gasteiger partial charge in [-0.05, 0) is 17.7 Å². The van der Waals surface area contributed by atoms with Crippen LogP contribution in [-0.2, 0) is 24.2 Å². The Kier molecular flexibility index (Phi) is 5.82. The molecule has 0 aliphatic carbocycles. The Labute approximate surface area is 183 Å². The summed E-state index contributed by atoms with van der Waals surface area (Å²) in [6.07, 6.45) is 0.930. The van der Waals surface area contributed by atoms with Crippen molar-refractivity contribution in [3.63, 3.8) is 0 Å². The standard InChI is InChI=1S/C25H28N4O2/c1-30-21-9-5-6-19(16-21)17-28-11-10-23-22(18-28)25(29-12-14-31-15-13-29)27-24(26-23)20-7-3-2-4-8-20/h2-9,16H,10-15,17-18H2,1H3. The van der Waals surface area contributed by atoms with Crippen molar-refractivity contribution < 1.29 is 9.47 Å². The smallest absolute Gasteiger partial charge is 0.161 e. The average molecular weight is 417 g/mol. The van der Waals surface area contributed by atoms with E-state index in [-0.39, 0.29) is 0 Å². The maximum Gasteiger partial charge on any atom is 0.161 e. The number of methoxy groups -OCH3 is 1. The van der Waals surface area contributed by atoms with Crippen LogP contribution >= 0.6 is 0 Å². The van der Waals surface area contributed by atoms with Crippen molar-refractivity contribution in [2.24, 2.45) is 0 Å². The Hall–Kier alpha value is -2.96. The second-order valence-corrected chi connectivity index (χ2v) is 8.07. The number of anilines is 1. The maximum absolute atomic E-state index is 5.59. The highest BCUT2D eigenvalue weighted by atomic mass is 16.5. The topological polar surface area (TPSA) is 50.7 Å². The zero-order chi connectivity index (χ0) is 21.0. The minimum Gasteiger partial charge on any atom is -0.497 e. The Morgan fingerprint density at radius 3 is 2.61 bits per heavy atom. The number of hydrogen-bond donors (Lipinski definition) is 0. The number of fused-ring (bicyclic) bond motifs is 1. The van der Waals surface area contributed by atoms with Gasteiger partial charge in [-0.25, -0.2) is 9.97 Å². The van der Waals surface area contributed by atoms with Crippen LogP contribution in [0.5, 0.6) is 5.75 Å². The van der Waals surface area contributed by atoms with Crippen molar-refractivity contribution in [3.05, 3.63) is 71.4 Å². The van der Waals surface area contributed by atoms with E-state index in [1.807, 2.05) is 24.3 Å². The molecule has 2 aliphatic heterocycles. The first-order valence-corrected chi connectivity index (χ1v) is 10.9. The summed E-state index contributed by atoms with van der Waals surface area (Å²) in [6, 6.07) is 18.6. The Morgan fingerprint density at radius 2 is 1.81 bits per heavy atom. The van der Waals surface area contributed by atoms with E-state index in [1.54, 1.807) is 7.11 Å². The van der Waals surface area contributed by atoms with Gasteiger partial charge in [0, 0.05) is 50.3 Å². The van der Waals surface area contributed by atoms with Crippen LogP contribution in [0, 0.1) is 0 Å². The minimum absolute atomic E-state index is 0.743. The van der Waals surface area contributed by atoms with Gasteiger partial charge in [0.1, 0.15) is 11.6 Å². The van der Waals surface area contributed by atoms with Gasteiger partial charge in [0.15, 0.2) is 5.82 Å². The van der Waals surface area contributed by atoms with E-state index in [2.05, 4.69) is 40.1 Å². The molecule has 0 amide bonds. The van der Waals surface area contributed by atoms with E-state index in [0.29, 0.717) is 0 Å². The Morgan fingerprint density at radius 1 is 0.968 bits per heavy atom. The third-order valence-electron chi connectivity index (χ3n) is 6.00. The lowest BCUT2D eigenvalue weighted by Crippen LogP contribution is -2.39. The van der Waals surface area contributed by atoms with Crippen molar-refractivity contribution in [2.45, 2.75) is 19.5 Å². The molecule has 6 nitrogen and oxygen atoms in total. The fourth-order valence-corrected chi connectivity index (χ4v) is 4.37. The molecular formula is C25H28N4O2. The second-order valence-electron chi connectivity index (χ2n) is 8.07. The lowest BCUT2D eigenvalue weighted by atomic mass is 10.0. The summed E-state index contributed by atoms with van der Waals surface area (Å²) < 4.78 is 11.0. The van der Waals surface area contributed by atoms with Crippen LogP contribution in [0.3, 0.4) is 0 Å². The molecular weight excluding hydrogens is 388 g/mol. The lowest BCUT2D eigenvalue weighted by Gasteiger charge is -2.34. The summed E-state index contributed by atoms with van der Waals surface area (Å²) in [4.78, 5) is 14.9. The molecule has 31 heavy (non-hydrogen) atoms. The van der Waals surface area contributed by atoms with Crippen LogP contribution in [0.2, 0.25) is 0 Å². The van der Waals surface area contributed by atoms with E-state index in [4.69, 9.17) is 19.4 Å². The molecule has 3 heterocycles. The SMILES string of the molecule is COc1cccc(CN2CCc3nc(-c4ccccc4)nc(N4CCOCC4)c3C2)c1. The molecule has 1 aromatic heterocycles. The van der Waals surface area contributed by atoms with Crippen LogP contribution in [0.25, 0.3) is 11.4 Å². The van der Waals surface area contributed by atoms with Crippen molar-refractivity contribution >= 4 is 5.82 Å². The van der Waals surface area contributed by atoms with Gasteiger partial charge in [0.05, 0.1) is 26.0 Å². The van der Waals surface area contributed by atoms with Crippen LogP contribution in [0.15, 0.2) is 54.6 Å². The average Bonchev–Trinajstić information content (AvgIpc) is 2.84. The first kappa shape index (κ1) is 20.0. The second kappa shape index (κ2) is 9.04. The van der Waals surface area contributed by atoms with E-state index >= 15 is 0 Å². The molecule has 2 aromatic carbocycles. The molecule has 0 bridgehead atoms. The third-order valence-corrected chi connectivity index (χ3v) is 6.00. The molecule has 2 aliphatic rings. The van der Waals surface area contributed by atoms with Gasteiger partial charge in [-0.2, -0.15) is 0 Å². The first-order chi connectivity index (χ1) is 15.3. The Balaban J connectivity index is 1.46. The van der Waals surface area contributed by atoms with Crippen LogP contribution in [-0.4, -0.2) is 54.8 Å². The molecule has 0 saturated carbocycles. The van der Waals surface area contributed by atoms with Crippen molar-refractivity contribution in [2.75, 3.05) is 44.9 Å². The fraction of sp³-hybridized carbons (Fsp3) is 0.360. The monoisotopic (exact) mass is 416 g/mol. The fourth-order valence-electron chi connectivity index (χ4n) is 4.37. The lowest BCUT2D eigenvalue weighted by molar-refractivity contribution is 0.122. The van der Waals surface area contributed by atoms with Gasteiger partial charge >= 0.3 is 0 Å². The van der Waals surface area contributed by atoms with Gasteiger partial charge in [-0.15, -0.1) is 0 Å². The van der Waals surface area contributed by atoms with E-state index in [9.17, 15) is 0 Å². The highest BCUT2D eigenvalue weighted by Gasteiger charge is 2.26. The third kappa shape index (κ3) is 4.40. The van der Waals surface area contributed by atoms with Gasteiger partial charge in [0.25, 0.3) is 0 Å². The summed E-state index contributed by atoms with van der Waals surface area (Å²) in [5, 5.41) is 0. The number of rotatable bonds is 5. The predicted molar refractivity (Wildman–Crippen MR) is 121 cm³/mol. The molecule has 0 radical (unpaired) electrons. The van der Waals surface area contributed by atoms with E-state index < -0.39 is 0 Å².